The smallest absolute Gasteiger partial charge is 0.336 e. The van der Waals surface area contributed by atoms with Crippen LogP contribution < -0.4 is 11.5 Å². The van der Waals surface area contributed by atoms with Gasteiger partial charge in [0, 0.05) is 12.1 Å². The van der Waals surface area contributed by atoms with Gasteiger partial charge in [-0.3, -0.25) is 10.1 Å². The largest absolute Gasteiger partial charge is 0.478 e. The molecule has 90 valence electrons. The van der Waals surface area contributed by atoms with Crippen molar-refractivity contribution in [2.24, 2.45) is 16.5 Å². The molecule has 0 spiro atoms. The minimum absolute atomic E-state index is 0.0689. The van der Waals surface area contributed by atoms with Crippen LogP contribution in [0.4, 0.5) is 5.69 Å². The summed E-state index contributed by atoms with van der Waals surface area (Å²) in [6, 6.07) is 3.40. The maximum Gasteiger partial charge on any atom is 0.336 e. The molecular formula is C9H10N4O4. The Balaban J connectivity index is 3.20. The van der Waals surface area contributed by atoms with Crippen molar-refractivity contribution in [3.05, 3.63) is 39.4 Å². The van der Waals surface area contributed by atoms with E-state index >= 15 is 0 Å². The van der Waals surface area contributed by atoms with Crippen LogP contribution in [0.5, 0.6) is 0 Å². The predicted molar refractivity (Wildman–Crippen MR) is 59.6 cm³/mol. The highest BCUT2D eigenvalue weighted by Gasteiger charge is 2.14. The van der Waals surface area contributed by atoms with Crippen LogP contribution >= 0.6 is 0 Å². The number of benzene rings is 1. The van der Waals surface area contributed by atoms with Crippen molar-refractivity contribution in [3.8, 4) is 0 Å². The van der Waals surface area contributed by atoms with E-state index in [4.69, 9.17) is 16.6 Å². The van der Waals surface area contributed by atoms with Crippen molar-refractivity contribution in [1.82, 2.24) is 0 Å². The Kier molecular flexibility index (Phi) is 3.60. The quantitative estimate of drug-likeness (QED) is 0.293. The van der Waals surface area contributed by atoms with Gasteiger partial charge >= 0.3 is 5.97 Å². The third-order valence-corrected chi connectivity index (χ3v) is 1.96. The number of nitro benzene ring substituents is 1. The Hall–Kier alpha value is -2.64. The van der Waals surface area contributed by atoms with Gasteiger partial charge in [-0.05, 0) is 11.6 Å². The SMILES string of the molecule is NC(N)=NCc1cc([N+](=O)[O-])ccc1C(=O)O. The number of nitrogens with zero attached hydrogens (tertiary/aromatic N) is 2. The first-order valence-electron chi connectivity index (χ1n) is 4.48. The van der Waals surface area contributed by atoms with Crippen molar-refractivity contribution in [1.29, 1.82) is 0 Å². The van der Waals surface area contributed by atoms with Crippen LogP contribution in [0.1, 0.15) is 15.9 Å². The molecule has 0 aliphatic heterocycles. The summed E-state index contributed by atoms with van der Waals surface area (Å²) in [5, 5.41) is 19.4. The number of carbonyl (C=O) groups is 1. The molecule has 0 saturated heterocycles. The highest BCUT2D eigenvalue weighted by molar-refractivity contribution is 5.90. The Labute approximate surface area is 95.7 Å². The lowest BCUT2D eigenvalue weighted by molar-refractivity contribution is -0.384. The number of nitrogens with two attached hydrogens (primary N) is 2. The van der Waals surface area contributed by atoms with Gasteiger partial charge in [0.25, 0.3) is 5.69 Å². The van der Waals surface area contributed by atoms with Crippen LogP contribution in [0.2, 0.25) is 0 Å². The summed E-state index contributed by atoms with van der Waals surface area (Å²) in [6.45, 7) is -0.119. The van der Waals surface area contributed by atoms with Gasteiger partial charge in [-0.1, -0.05) is 0 Å². The molecule has 1 aromatic carbocycles. The van der Waals surface area contributed by atoms with E-state index in [-0.39, 0.29) is 29.3 Å². The highest BCUT2D eigenvalue weighted by atomic mass is 16.6. The Bertz CT molecular complexity index is 494. The molecule has 17 heavy (non-hydrogen) atoms. The monoisotopic (exact) mass is 238 g/mol. The summed E-state index contributed by atoms with van der Waals surface area (Å²) in [4.78, 5) is 24.4. The Morgan fingerprint density at radius 3 is 2.59 bits per heavy atom. The molecular weight excluding hydrogens is 228 g/mol. The second kappa shape index (κ2) is 4.92. The number of guanidine groups is 1. The van der Waals surface area contributed by atoms with Crippen LogP contribution in [0.25, 0.3) is 0 Å². The number of rotatable bonds is 4. The van der Waals surface area contributed by atoms with E-state index in [1.165, 1.54) is 0 Å². The van der Waals surface area contributed by atoms with Crippen LogP contribution in [0.15, 0.2) is 23.2 Å². The van der Waals surface area contributed by atoms with Crippen LogP contribution in [0, 0.1) is 10.1 Å². The summed E-state index contributed by atoms with van der Waals surface area (Å²) in [5.74, 6) is -1.41. The standard InChI is InChI=1S/C9H10N4O4/c10-9(11)12-4-5-3-6(13(16)17)1-2-7(5)8(14)15/h1-3H,4H2,(H,14,15)(H4,10,11,12). The minimum atomic E-state index is -1.19. The molecule has 0 unspecified atom stereocenters. The number of nitro groups is 1. The third-order valence-electron chi connectivity index (χ3n) is 1.96. The normalized spacial score (nSPS) is 9.65. The number of non-ortho nitro benzene ring substituents is 1. The van der Waals surface area contributed by atoms with Crippen molar-refractivity contribution in [2.75, 3.05) is 0 Å². The zero-order valence-electron chi connectivity index (χ0n) is 8.66. The molecule has 1 rings (SSSR count). The van der Waals surface area contributed by atoms with Gasteiger partial charge in [0.1, 0.15) is 0 Å². The predicted octanol–water partition coefficient (Wildman–Crippen LogP) is 0.0664. The van der Waals surface area contributed by atoms with Gasteiger partial charge in [0.2, 0.25) is 0 Å². The van der Waals surface area contributed by atoms with E-state index in [0.29, 0.717) is 0 Å². The molecule has 8 heteroatoms. The molecule has 0 saturated carbocycles. The molecule has 0 radical (unpaired) electrons. The molecule has 0 atom stereocenters. The first-order chi connectivity index (χ1) is 7.91. The molecule has 1 aromatic rings. The first-order valence-corrected chi connectivity index (χ1v) is 4.48. The number of hydrogen-bond donors (Lipinski definition) is 3. The highest BCUT2D eigenvalue weighted by Crippen LogP contribution is 2.18. The van der Waals surface area contributed by atoms with E-state index in [0.717, 1.165) is 18.2 Å². The zero-order valence-corrected chi connectivity index (χ0v) is 8.66. The van der Waals surface area contributed by atoms with Crippen LogP contribution in [-0.2, 0) is 6.54 Å². The first kappa shape index (κ1) is 12.4. The van der Waals surface area contributed by atoms with Gasteiger partial charge in [-0.2, -0.15) is 0 Å². The Morgan fingerprint density at radius 1 is 1.47 bits per heavy atom. The van der Waals surface area contributed by atoms with Gasteiger partial charge < -0.3 is 16.6 Å². The van der Waals surface area contributed by atoms with Crippen molar-refractivity contribution >= 4 is 17.6 Å². The molecule has 0 amide bonds. The second-order valence-electron chi connectivity index (χ2n) is 3.14. The van der Waals surface area contributed by atoms with E-state index in [2.05, 4.69) is 4.99 Å². The third kappa shape index (κ3) is 3.16. The number of carboxylic acid groups (broad SMARTS) is 1. The van der Waals surface area contributed by atoms with Crippen molar-refractivity contribution in [3.63, 3.8) is 0 Å². The van der Waals surface area contributed by atoms with E-state index in [1.54, 1.807) is 0 Å². The lowest BCUT2D eigenvalue weighted by Crippen LogP contribution is -2.22. The van der Waals surface area contributed by atoms with Crippen LogP contribution in [0.3, 0.4) is 0 Å². The second-order valence-corrected chi connectivity index (χ2v) is 3.14. The molecule has 0 bridgehead atoms. The molecule has 0 aliphatic rings. The maximum absolute atomic E-state index is 10.9. The number of aliphatic imine (C=N–C) groups is 1. The lowest BCUT2D eigenvalue weighted by atomic mass is 10.1. The number of aromatic carboxylic acids is 1. The molecule has 0 aromatic heterocycles. The van der Waals surface area contributed by atoms with Gasteiger partial charge in [-0.15, -0.1) is 0 Å². The lowest BCUT2D eigenvalue weighted by Gasteiger charge is -2.03. The van der Waals surface area contributed by atoms with Gasteiger partial charge in [0.15, 0.2) is 5.96 Å². The van der Waals surface area contributed by atoms with Gasteiger partial charge in [-0.25, -0.2) is 9.79 Å². The van der Waals surface area contributed by atoms with Crippen molar-refractivity contribution < 1.29 is 14.8 Å². The molecule has 0 aliphatic carbocycles. The summed E-state index contributed by atoms with van der Waals surface area (Å²) >= 11 is 0. The summed E-state index contributed by atoms with van der Waals surface area (Å²) in [5.41, 5.74) is 10.1. The average Bonchev–Trinajstić information content (AvgIpc) is 2.25. The summed E-state index contributed by atoms with van der Waals surface area (Å²) in [6.07, 6.45) is 0. The average molecular weight is 238 g/mol. The van der Waals surface area contributed by atoms with E-state index in [1.807, 2.05) is 0 Å². The summed E-state index contributed by atoms with van der Waals surface area (Å²) in [7, 11) is 0. The van der Waals surface area contributed by atoms with Gasteiger partial charge in [0.05, 0.1) is 17.0 Å². The fourth-order valence-corrected chi connectivity index (χ4v) is 1.21. The summed E-state index contributed by atoms with van der Waals surface area (Å²) < 4.78 is 0. The molecule has 5 N–H and O–H groups in total. The van der Waals surface area contributed by atoms with E-state index in [9.17, 15) is 14.9 Å². The zero-order chi connectivity index (χ0) is 13.0. The fourth-order valence-electron chi connectivity index (χ4n) is 1.21. The minimum Gasteiger partial charge on any atom is -0.478 e. The Morgan fingerprint density at radius 2 is 2.12 bits per heavy atom. The fraction of sp³-hybridized carbons (Fsp3) is 0.111. The maximum atomic E-state index is 10.9. The molecule has 8 nitrogen and oxygen atoms in total. The van der Waals surface area contributed by atoms with Crippen molar-refractivity contribution in [2.45, 2.75) is 6.54 Å². The molecule has 0 fully saturated rings. The van der Waals surface area contributed by atoms with E-state index < -0.39 is 10.9 Å². The number of carboxylic acids is 1. The van der Waals surface area contributed by atoms with Crippen LogP contribution in [-0.4, -0.2) is 22.0 Å². The molecule has 0 heterocycles. The number of hydrogen-bond acceptors (Lipinski definition) is 4. The topological polar surface area (TPSA) is 145 Å².